The van der Waals surface area contributed by atoms with E-state index in [4.69, 9.17) is 0 Å². The third kappa shape index (κ3) is 7.00. The number of alkyl halides is 3. The maximum Gasteiger partial charge on any atom is 0.417 e. The minimum absolute atomic E-state index is 0.0139. The standard InChI is InChI=1S/C52H49F4N9O4/c1-5-63-41-22-33(10-11-36(41)43-44(63)48(68)65(47(43)67)40-13-6-29(2)58-46(40)66)61-18-16-51(17-19-61)27-60(28-51)24-30-25-62(26-30)42-15-12-35(45(53)59-42)31-8-14-39-38(20-31)50(3,4)49(69)64(39)34-9-7-32(23-57)37(21-34)52(54,55)56/h7-12,14-15,20-22,30,40H,2,5-6,13,16-19,24-28H2,1,3-4H3,(H,58,66). The molecule has 0 bridgehead atoms. The number of amides is 4. The van der Waals surface area contributed by atoms with Crippen molar-refractivity contribution in [3.63, 3.8) is 0 Å². The minimum Gasteiger partial charge on any atom is -0.371 e. The van der Waals surface area contributed by atoms with Crippen molar-refractivity contribution < 1.29 is 36.7 Å². The summed E-state index contributed by atoms with van der Waals surface area (Å²) >= 11 is 0. The van der Waals surface area contributed by atoms with Gasteiger partial charge in [0.05, 0.1) is 39.4 Å². The van der Waals surface area contributed by atoms with Crippen molar-refractivity contribution in [3.8, 4) is 17.2 Å². The van der Waals surface area contributed by atoms with Crippen LogP contribution in [0.3, 0.4) is 0 Å². The third-order valence-electron chi connectivity index (χ3n) is 15.4. The largest absolute Gasteiger partial charge is 0.417 e. The van der Waals surface area contributed by atoms with E-state index >= 15 is 4.39 Å². The highest BCUT2D eigenvalue weighted by Crippen LogP contribution is 2.49. The third-order valence-corrected chi connectivity index (χ3v) is 15.4. The van der Waals surface area contributed by atoms with Crippen LogP contribution in [0.2, 0.25) is 0 Å². The first-order valence-corrected chi connectivity index (χ1v) is 23.4. The number of nitriles is 1. The van der Waals surface area contributed by atoms with Gasteiger partial charge in [0, 0.05) is 86.3 Å². The number of hydrogen-bond donors (Lipinski definition) is 1. The van der Waals surface area contributed by atoms with Crippen LogP contribution in [-0.2, 0) is 27.7 Å². The van der Waals surface area contributed by atoms with Gasteiger partial charge in [-0.05, 0) is 124 Å². The van der Waals surface area contributed by atoms with E-state index in [1.165, 1.54) is 11.0 Å². The lowest BCUT2D eigenvalue weighted by Crippen LogP contribution is -2.63. The fourth-order valence-electron chi connectivity index (χ4n) is 11.7. The zero-order valence-corrected chi connectivity index (χ0v) is 38.4. The van der Waals surface area contributed by atoms with Crippen LogP contribution < -0.4 is 20.0 Å². The van der Waals surface area contributed by atoms with Crippen molar-refractivity contribution in [3.05, 3.63) is 113 Å². The molecule has 4 fully saturated rings. The number of nitrogens with zero attached hydrogens (tertiary/aromatic N) is 8. The van der Waals surface area contributed by atoms with Crippen molar-refractivity contribution in [2.75, 3.05) is 60.5 Å². The highest BCUT2D eigenvalue weighted by molar-refractivity contribution is 6.28. The molecule has 5 aromatic rings. The lowest BCUT2D eigenvalue weighted by Gasteiger charge is -2.56. The van der Waals surface area contributed by atoms with E-state index in [0.717, 1.165) is 92.3 Å². The lowest BCUT2D eigenvalue weighted by molar-refractivity contribution is -0.137. The molecule has 0 radical (unpaired) electrons. The molecule has 17 heteroatoms. The Morgan fingerprint density at radius 2 is 1.65 bits per heavy atom. The maximum atomic E-state index is 15.8. The van der Waals surface area contributed by atoms with E-state index in [1.807, 2.05) is 23.6 Å². The molecule has 13 nitrogen and oxygen atoms in total. The number of aromatic nitrogens is 2. The van der Waals surface area contributed by atoms with Crippen LogP contribution in [-0.4, -0.2) is 94.8 Å². The summed E-state index contributed by atoms with van der Waals surface area (Å²) in [7, 11) is 0. The number of likely N-dealkylation sites (tertiary alicyclic amines) is 1. The fourth-order valence-corrected chi connectivity index (χ4v) is 11.7. The highest BCUT2D eigenvalue weighted by Gasteiger charge is 2.49. The van der Waals surface area contributed by atoms with Gasteiger partial charge in [0.2, 0.25) is 17.8 Å². The number of nitrogens with one attached hydrogen (secondary N) is 1. The molecule has 8 heterocycles. The van der Waals surface area contributed by atoms with E-state index < -0.39 is 52.4 Å². The van der Waals surface area contributed by atoms with Crippen molar-refractivity contribution >= 4 is 57.4 Å². The van der Waals surface area contributed by atoms with Crippen molar-refractivity contribution in [1.29, 1.82) is 5.26 Å². The molecule has 1 atom stereocenters. The number of hydrogen-bond acceptors (Lipinski definition) is 9. The molecule has 4 saturated heterocycles. The first-order chi connectivity index (χ1) is 32.9. The topological polar surface area (TPSA) is 138 Å². The quantitative estimate of drug-likeness (QED) is 0.0929. The van der Waals surface area contributed by atoms with E-state index in [9.17, 15) is 37.6 Å². The summed E-state index contributed by atoms with van der Waals surface area (Å²) in [5.74, 6) is -1.38. The first-order valence-electron chi connectivity index (χ1n) is 23.4. The molecule has 4 amide bonds. The molecule has 0 saturated carbocycles. The number of benzene rings is 3. The summed E-state index contributed by atoms with van der Waals surface area (Å²) in [5.41, 5.74) is 2.31. The molecule has 2 aromatic heterocycles. The van der Waals surface area contributed by atoms with E-state index in [2.05, 4.69) is 37.6 Å². The summed E-state index contributed by atoms with van der Waals surface area (Å²) in [6.45, 7) is 16.0. The minimum atomic E-state index is -4.79. The van der Waals surface area contributed by atoms with Gasteiger partial charge in [-0.2, -0.15) is 22.8 Å². The average molecular weight is 940 g/mol. The number of carbonyl (C=O) groups is 4. The van der Waals surface area contributed by atoms with Crippen LogP contribution in [0.1, 0.15) is 84.0 Å². The second-order valence-corrected chi connectivity index (χ2v) is 20.1. The summed E-state index contributed by atoms with van der Waals surface area (Å²) < 4.78 is 59.2. The zero-order valence-electron chi connectivity index (χ0n) is 38.4. The number of fused-ring (bicyclic) bond motifs is 4. The van der Waals surface area contributed by atoms with Gasteiger partial charge < -0.3 is 24.6 Å². The lowest BCUT2D eigenvalue weighted by atomic mass is 9.71. The molecule has 11 rings (SSSR count). The number of imide groups is 1. The molecule has 1 unspecified atom stereocenters. The number of halogens is 4. The van der Waals surface area contributed by atoms with Crippen LogP contribution in [0.15, 0.2) is 79.0 Å². The average Bonchev–Trinajstić information content (AvgIpc) is 3.83. The predicted molar refractivity (Wildman–Crippen MR) is 250 cm³/mol. The number of rotatable bonds is 8. The molecule has 354 valence electrons. The number of pyridine rings is 1. The molecule has 1 spiro atoms. The summed E-state index contributed by atoms with van der Waals surface area (Å²) in [6, 6.07) is 18.4. The molecule has 0 aliphatic carbocycles. The molecular weight excluding hydrogens is 891 g/mol. The Kier molecular flexibility index (Phi) is 10.1. The van der Waals surface area contributed by atoms with Crippen molar-refractivity contribution in [2.45, 2.75) is 70.6 Å². The Bertz CT molecular complexity index is 3110. The molecule has 1 N–H and O–H groups in total. The van der Waals surface area contributed by atoms with Crippen LogP contribution in [0.25, 0.3) is 22.0 Å². The number of anilines is 4. The number of piperidine rings is 2. The van der Waals surface area contributed by atoms with E-state index in [0.29, 0.717) is 64.9 Å². The molecule has 6 aliphatic rings. The Morgan fingerprint density at radius 3 is 2.33 bits per heavy atom. The Labute approximate surface area is 395 Å². The Balaban J connectivity index is 0.693. The van der Waals surface area contributed by atoms with Crippen molar-refractivity contribution in [1.82, 2.24) is 24.7 Å². The Morgan fingerprint density at radius 1 is 0.913 bits per heavy atom. The molecular formula is C52H49F4N9O4. The first kappa shape index (κ1) is 44.4. The summed E-state index contributed by atoms with van der Waals surface area (Å²) in [4.78, 5) is 67.7. The van der Waals surface area contributed by atoms with Gasteiger partial charge in [0.25, 0.3) is 11.8 Å². The van der Waals surface area contributed by atoms with Gasteiger partial charge in [-0.15, -0.1) is 0 Å². The summed E-state index contributed by atoms with van der Waals surface area (Å²) in [6.07, 6.45) is -1.82. The SMILES string of the molecule is C=C1CCC(N2C(=O)c3c(n(CC)c4cc(N5CCC6(CC5)CN(CC5CN(c7ccc(-c8ccc9c(c8)C(C)(C)C(=O)N9c8ccc(C#N)c(C(F)(F)F)c8)c(F)n7)C5)C6)ccc34)C2=O)C(=O)N1. The van der Waals surface area contributed by atoms with E-state index in [-0.39, 0.29) is 22.6 Å². The molecule has 69 heavy (non-hydrogen) atoms. The second-order valence-electron chi connectivity index (χ2n) is 20.1. The zero-order chi connectivity index (χ0) is 48.5. The number of carbonyl (C=O) groups excluding carboxylic acids is 4. The normalized spacial score (nSPS) is 21.2. The second kappa shape index (κ2) is 15.7. The van der Waals surface area contributed by atoms with Crippen LogP contribution in [0, 0.1) is 28.6 Å². The van der Waals surface area contributed by atoms with E-state index in [1.54, 1.807) is 50.2 Å². The fraction of sp³-hybridized carbons (Fsp3) is 0.385. The Hall–Kier alpha value is -7.06. The number of allylic oxidation sites excluding steroid dienone is 1. The smallest absolute Gasteiger partial charge is 0.371 e. The van der Waals surface area contributed by atoms with Crippen LogP contribution in [0.4, 0.5) is 40.4 Å². The predicted octanol–water partition coefficient (Wildman–Crippen LogP) is 8.14. The monoisotopic (exact) mass is 939 g/mol. The molecule has 3 aromatic carbocycles. The van der Waals surface area contributed by atoms with Crippen molar-refractivity contribution in [2.24, 2.45) is 11.3 Å². The van der Waals surface area contributed by atoms with Gasteiger partial charge in [-0.25, -0.2) is 4.98 Å². The number of aryl methyl sites for hydroxylation is 1. The van der Waals surface area contributed by atoms with Gasteiger partial charge in [0.1, 0.15) is 17.6 Å². The van der Waals surface area contributed by atoms with Gasteiger partial charge in [-0.3, -0.25) is 29.0 Å². The van der Waals surface area contributed by atoms with Gasteiger partial charge in [0.15, 0.2) is 0 Å². The summed E-state index contributed by atoms with van der Waals surface area (Å²) in [5, 5.41) is 12.7. The van der Waals surface area contributed by atoms with Crippen LogP contribution in [0.5, 0.6) is 0 Å². The molecule has 6 aliphatic heterocycles. The maximum absolute atomic E-state index is 15.8. The van der Waals surface area contributed by atoms with Gasteiger partial charge >= 0.3 is 6.18 Å². The van der Waals surface area contributed by atoms with Gasteiger partial charge in [-0.1, -0.05) is 12.6 Å². The highest BCUT2D eigenvalue weighted by atomic mass is 19.4. The van der Waals surface area contributed by atoms with Crippen LogP contribution >= 0.6 is 0 Å².